The smallest absolute Gasteiger partial charge is 0.410 e. The molecule has 2 heterocycles. The van der Waals surface area contributed by atoms with Crippen molar-refractivity contribution in [1.82, 2.24) is 9.88 Å². The summed E-state index contributed by atoms with van der Waals surface area (Å²) in [5.74, 6) is -0.456. The Bertz CT molecular complexity index is 938. The molecule has 0 radical (unpaired) electrons. The van der Waals surface area contributed by atoms with E-state index in [2.05, 4.69) is 30.7 Å². The normalized spacial score (nSPS) is 17.9. The standard InChI is InChI=1S/C22H31N3O5/c1-21(2,3)16-13-24(20(27)30-22(4,5)6)11-12-25(16)19-23-17-14(18(26)28-7)9-8-10-15(17)29-19/h8-10,16H,11-13H2,1-7H3. The second kappa shape index (κ2) is 7.81. The van der Waals surface area contributed by atoms with Crippen LogP contribution in [0.5, 0.6) is 0 Å². The molecule has 164 valence electrons. The number of para-hydroxylation sites is 1. The number of oxazole rings is 1. The molecule has 1 aliphatic rings. The van der Waals surface area contributed by atoms with Crippen LogP contribution in [-0.4, -0.2) is 60.3 Å². The van der Waals surface area contributed by atoms with Crippen LogP contribution in [0.1, 0.15) is 51.9 Å². The van der Waals surface area contributed by atoms with E-state index >= 15 is 0 Å². The highest BCUT2D eigenvalue weighted by Gasteiger charge is 2.40. The number of benzene rings is 1. The van der Waals surface area contributed by atoms with Crippen molar-refractivity contribution in [2.24, 2.45) is 5.41 Å². The van der Waals surface area contributed by atoms with E-state index in [0.29, 0.717) is 42.3 Å². The van der Waals surface area contributed by atoms with Gasteiger partial charge in [-0.3, -0.25) is 0 Å². The summed E-state index contributed by atoms with van der Waals surface area (Å²) in [6.45, 7) is 13.5. The number of fused-ring (bicyclic) bond motifs is 1. The Labute approximate surface area is 177 Å². The third-order valence-electron chi connectivity index (χ3n) is 5.09. The lowest BCUT2D eigenvalue weighted by Crippen LogP contribution is -2.60. The summed E-state index contributed by atoms with van der Waals surface area (Å²) in [5, 5.41) is 0. The second-order valence-electron chi connectivity index (χ2n) is 9.64. The number of ether oxygens (including phenoxy) is 2. The van der Waals surface area contributed by atoms with Crippen LogP contribution in [0, 0.1) is 5.41 Å². The molecule has 1 amide bonds. The molecule has 1 fully saturated rings. The van der Waals surface area contributed by atoms with Gasteiger partial charge in [-0.2, -0.15) is 4.98 Å². The maximum atomic E-state index is 12.6. The van der Waals surface area contributed by atoms with Gasteiger partial charge in [0, 0.05) is 19.6 Å². The monoisotopic (exact) mass is 417 g/mol. The van der Waals surface area contributed by atoms with Gasteiger partial charge >= 0.3 is 12.1 Å². The van der Waals surface area contributed by atoms with Crippen molar-refractivity contribution in [3.63, 3.8) is 0 Å². The van der Waals surface area contributed by atoms with Crippen molar-refractivity contribution in [3.05, 3.63) is 23.8 Å². The summed E-state index contributed by atoms with van der Waals surface area (Å²) in [4.78, 5) is 33.1. The largest absolute Gasteiger partial charge is 0.465 e. The Balaban J connectivity index is 1.92. The minimum Gasteiger partial charge on any atom is -0.465 e. The van der Waals surface area contributed by atoms with E-state index in [9.17, 15) is 9.59 Å². The number of hydrogen-bond acceptors (Lipinski definition) is 7. The average Bonchev–Trinajstić information content (AvgIpc) is 3.09. The van der Waals surface area contributed by atoms with Crippen LogP contribution in [0.25, 0.3) is 11.1 Å². The molecule has 8 nitrogen and oxygen atoms in total. The molecule has 30 heavy (non-hydrogen) atoms. The molecular weight excluding hydrogens is 386 g/mol. The molecule has 0 aliphatic carbocycles. The zero-order chi connectivity index (χ0) is 22.3. The fourth-order valence-electron chi connectivity index (χ4n) is 3.58. The Hall–Kier alpha value is -2.77. The molecule has 0 bridgehead atoms. The zero-order valence-electron chi connectivity index (χ0n) is 18.8. The summed E-state index contributed by atoms with van der Waals surface area (Å²) < 4.78 is 16.4. The van der Waals surface area contributed by atoms with E-state index in [0.717, 1.165) is 0 Å². The molecule has 0 saturated carbocycles. The summed E-state index contributed by atoms with van der Waals surface area (Å²) in [7, 11) is 1.34. The third kappa shape index (κ3) is 4.52. The van der Waals surface area contributed by atoms with Crippen LogP contribution >= 0.6 is 0 Å². The number of rotatable bonds is 2. The lowest BCUT2D eigenvalue weighted by Gasteiger charge is -2.46. The maximum Gasteiger partial charge on any atom is 0.410 e. The lowest BCUT2D eigenvalue weighted by molar-refractivity contribution is 0.0174. The van der Waals surface area contributed by atoms with Gasteiger partial charge in [0.25, 0.3) is 6.01 Å². The van der Waals surface area contributed by atoms with Gasteiger partial charge in [-0.1, -0.05) is 26.8 Å². The number of carbonyl (C=O) groups excluding carboxylic acids is 2. The molecule has 2 aromatic rings. The number of hydrogen-bond donors (Lipinski definition) is 0. The molecule has 1 saturated heterocycles. The number of piperazine rings is 1. The number of amides is 1. The highest BCUT2D eigenvalue weighted by molar-refractivity contribution is 6.01. The van der Waals surface area contributed by atoms with Gasteiger partial charge in [-0.15, -0.1) is 0 Å². The number of carbonyl (C=O) groups is 2. The van der Waals surface area contributed by atoms with Gasteiger partial charge in [-0.05, 0) is 38.3 Å². The number of esters is 1. The summed E-state index contributed by atoms with van der Waals surface area (Å²) >= 11 is 0. The van der Waals surface area contributed by atoms with Gasteiger partial charge < -0.3 is 23.7 Å². The quantitative estimate of drug-likeness (QED) is 0.681. The molecule has 8 heteroatoms. The minimum atomic E-state index is -0.546. The van der Waals surface area contributed by atoms with Gasteiger partial charge in [0.1, 0.15) is 11.1 Å². The predicted molar refractivity (Wildman–Crippen MR) is 114 cm³/mol. The number of aromatic nitrogens is 1. The van der Waals surface area contributed by atoms with Gasteiger partial charge in [0.05, 0.1) is 18.7 Å². The van der Waals surface area contributed by atoms with Crippen LogP contribution in [0.4, 0.5) is 10.8 Å². The minimum absolute atomic E-state index is 0.0478. The van der Waals surface area contributed by atoms with Gasteiger partial charge in [-0.25, -0.2) is 9.59 Å². The van der Waals surface area contributed by atoms with E-state index in [4.69, 9.17) is 13.9 Å². The first-order chi connectivity index (χ1) is 13.9. The SMILES string of the molecule is COC(=O)c1cccc2oc(N3CCN(C(=O)OC(C)(C)C)CC3C(C)(C)C)nc12. The highest BCUT2D eigenvalue weighted by atomic mass is 16.6. The predicted octanol–water partition coefficient (Wildman–Crippen LogP) is 4.09. The Morgan fingerprint density at radius 3 is 2.43 bits per heavy atom. The van der Waals surface area contributed by atoms with Crippen molar-refractivity contribution in [2.75, 3.05) is 31.6 Å². The molecule has 0 N–H and O–H groups in total. The fraction of sp³-hybridized carbons (Fsp3) is 0.591. The molecule has 1 unspecified atom stereocenters. The summed E-state index contributed by atoms with van der Waals surface area (Å²) in [6, 6.07) is 5.58. The highest BCUT2D eigenvalue weighted by Crippen LogP contribution is 2.34. The molecule has 1 aromatic heterocycles. The van der Waals surface area contributed by atoms with Crippen molar-refractivity contribution < 1.29 is 23.5 Å². The Morgan fingerprint density at radius 1 is 1.13 bits per heavy atom. The van der Waals surface area contributed by atoms with E-state index in [1.807, 2.05) is 20.8 Å². The topological polar surface area (TPSA) is 85.1 Å². The first kappa shape index (κ1) is 21.9. The first-order valence-corrected chi connectivity index (χ1v) is 10.1. The first-order valence-electron chi connectivity index (χ1n) is 10.1. The van der Waals surface area contributed by atoms with Gasteiger partial charge in [0.15, 0.2) is 5.58 Å². The fourth-order valence-corrected chi connectivity index (χ4v) is 3.58. The molecular formula is C22H31N3O5. The van der Waals surface area contributed by atoms with Crippen LogP contribution in [0.3, 0.4) is 0 Å². The average molecular weight is 418 g/mol. The Kier molecular flexibility index (Phi) is 5.71. The third-order valence-corrected chi connectivity index (χ3v) is 5.09. The van der Waals surface area contributed by atoms with Crippen molar-refractivity contribution in [3.8, 4) is 0 Å². The summed E-state index contributed by atoms with van der Waals surface area (Å²) in [5.41, 5.74) is 0.657. The van der Waals surface area contributed by atoms with Crippen molar-refractivity contribution >= 4 is 29.2 Å². The van der Waals surface area contributed by atoms with Crippen molar-refractivity contribution in [1.29, 1.82) is 0 Å². The molecule has 1 aromatic carbocycles. The van der Waals surface area contributed by atoms with E-state index in [-0.39, 0.29) is 17.6 Å². The van der Waals surface area contributed by atoms with Crippen LogP contribution in [-0.2, 0) is 9.47 Å². The van der Waals surface area contributed by atoms with Crippen molar-refractivity contribution in [2.45, 2.75) is 53.2 Å². The number of methoxy groups -OCH3 is 1. The number of anilines is 1. The van der Waals surface area contributed by atoms with Crippen LogP contribution in [0.2, 0.25) is 0 Å². The van der Waals surface area contributed by atoms with Gasteiger partial charge in [0.2, 0.25) is 0 Å². The van der Waals surface area contributed by atoms with Crippen LogP contribution < -0.4 is 4.90 Å². The molecule has 3 rings (SSSR count). The summed E-state index contributed by atoms with van der Waals surface area (Å²) in [6.07, 6.45) is -0.318. The van der Waals surface area contributed by atoms with E-state index in [1.54, 1.807) is 23.1 Å². The van der Waals surface area contributed by atoms with E-state index in [1.165, 1.54) is 7.11 Å². The van der Waals surface area contributed by atoms with Crippen LogP contribution in [0.15, 0.2) is 22.6 Å². The molecule has 1 aliphatic heterocycles. The maximum absolute atomic E-state index is 12.6. The molecule has 0 spiro atoms. The number of nitrogens with zero attached hydrogens (tertiary/aromatic N) is 3. The molecule has 1 atom stereocenters. The Morgan fingerprint density at radius 2 is 1.83 bits per heavy atom. The zero-order valence-corrected chi connectivity index (χ0v) is 18.8. The van der Waals surface area contributed by atoms with E-state index < -0.39 is 11.6 Å². The lowest BCUT2D eigenvalue weighted by atomic mass is 9.84. The second-order valence-corrected chi connectivity index (χ2v) is 9.64.